The molecule has 1 aromatic rings. The molecule has 1 heterocycles. The van der Waals surface area contributed by atoms with Gasteiger partial charge in [-0.25, -0.2) is 0 Å². The second kappa shape index (κ2) is 5.38. The number of nitrogens with zero attached hydrogens (tertiary/aromatic N) is 1. The van der Waals surface area contributed by atoms with Crippen molar-refractivity contribution in [3.63, 3.8) is 0 Å². The molecule has 3 nitrogen and oxygen atoms in total. The minimum Gasteiger partial charge on any atom is -0.338 e. The van der Waals surface area contributed by atoms with Crippen molar-refractivity contribution < 1.29 is 4.79 Å². The highest BCUT2D eigenvalue weighted by Crippen LogP contribution is 2.25. The molecule has 1 atom stereocenters. The van der Waals surface area contributed by atoms with Crippen molar-refractivity contribution in [2.24, 2.45) is 11.7 Å². The monoisotopic (exact) mass is 316 g/mol. The maximum Gasteiger partial charge on any atom is 0.255 e. The quantitative estimate of drug-likeness (QED) is 0.911. The van der Waals surface area contributed by atoms with E-state index in [0.29, 0.717) is 23.0 Å². The van der Waals surface area contributed by atoms with Crippen LogP contribution in [0.2, 0.25) is 5.02 Å². The summed E-state index contributed by atoms with van der Waals surface area (Å²) in [5.74, 6) is 0.481. The summed E-state index contributed by atoms with van der Waals surface area (Å²) in [7, 11) is 0. The number of amides is 1. The van der Waals surface area contributed by atoms with Gasteiger partial charge >= 0.3 is 0 Å². The number of carbonyl (C=O) groups is 1. The molecular formula is C12H14BrClN2O. The molecular weight excluding hydrogens is 304 g/mol. The molecule has 0 saturated carbocycles. The van der Waals surface area contributed by atoms with Crippen LogP contribution in [0.15, 0.2) is 22.7 Å². The molecule has 0 aliphatic carbocycles. The summed E-state index contributed by atoms with van der Waals surface area (Å²) in [5.41, 5.74) is 6.28. The third kappa shape index (κ3) is 2.81. The zero-order valence-electron chi connectivity index (χ0n) is 9.33. The van der Waals surface area contributed by atoms with E-state index >= 15 is 0 Å². The first-order valence-corrected chi connectivity index (χ1v) is 6.73. The third-order valence-electron chi connectivity index (χ3n) is 3.07. The Morgan fingerprint density at radius 3 is 2.94 bits per heavy atom. The zero-order valence-corrected chi connectivity index (χ0v) is 11.7. The van der Waals surface area contributed by atoms with Gasteiger partial charge in [0.05, 0.1) is 5.56 Å². The molecule has 92 valence electrons. The standard InChI is InChI=1S/C12H14BrClN2O/c13-11-5-9(14)1-2-10(11)12(17)16-4-3-8(6-15)7-16/h1-2,5,8H,3-4,6-7,15H2/t8-/m0/s1. The molecule has 1 saturated heterocycles. The van der Waals surface area contributed by atoms with E-state index in [9.17, 15) is 4.79 Å². The molecule has 1 aromatic carbocycles. The molecule has 1 fully saturated rings. The van der Waals surface area contributed by atoms with Crippen LogP contribution < -0.4 is 5.73 Å². The van der Waals surface area contributed by atoms with Gasteiger partial charge in [-0.2, -0.15) is 0 Å². The van der Waals surface area contributed by atoms with Gasteiger partial charge in [0, 0.05) is 22.6 Å². The molecule has 0 unspecified atom stereocenters. The Labute approximate surface area is 114 Å². The van der Waals surface area contributed by atoms with Crippen LogP contribution in [0, 0.1) is 5.92 Å². The van der Waals surface area contributed by atoms with Crippen molar-refractivity contribution in [1.29, 1.82) is 0 Å². The highest BCUT2D eigenvalue weighted by Gasteiger charge is 2.26. The number of benzene rings is 1. The Hall–Kier alpha value is -0.580. The van der Waals surface area contributed by atoms with E-state index in [1.54, 1.807) is 18.2 Å². The second-order valence-corrected chi connectivity index (χ2v) is 5.56. The van der Waals surface area contributed by atoms with Crippen molar-refractivity contribution in [3.05, 3.63) is 33.3 Å². The highest BCUT2D eigenvalue weighted by atomic mass is 79.9. The summed E-state index contributed by atoms with van der Waals surface area (Å²) in [6.45, 7) is 2.19. The fraction of sp³-hybridized carbons (Fsp3) is 0.417. The molecule has 2 rings (SSSR count). The molecule has 0 aromatic heterocycles. The topological polar surface area (TPSA) is 46.3 Å². The highest BCUT2D eigenvalue weighted by molar-refractivity contribution is 9.10. The average molecular weight is 318 g/mol. The van der Waals surface area contributed by atoms with Crippen LogP contribution in [-0.4, -0.2) is 30.4 Å². The normalized spacial score (nSPS) is 19.7. The van der Waals surface area contributed by atoms with E-state index in [1.165, 1.54) is 0 Å². The van der Waals surface area contributed by atoms with Gasteiger partial charge in [0.1, 0.15) is 0 Å². The molecule has 0 bridgehead atoms. The van der Waals surface area contributed by atoms with Crippen LogP contribution in [0.4, 0.5) is 0 Å². The van der Waals surface area contributed by atoms with Gasteiger partial charge in [-0.1, -0.05) is 11.6 Å². The predicted molar refractivity (Wildman–Crippen MR) is 72.2 cm³/mol. The van der Waals surface area contributed by atoms with Gasteiger partial charge in [0.15, 0.2) is 0 Å². The summed E-state index contributed by atoms with van der Waals surface area (Å²) in [6, 6.07) is 5.23. The Morgan fingerprint density at radius 1 is 1.59 bits per heavy atom. The van der Waals surface area contributed by atoms with Crippen LogP contribution in [0.1, 0.15) is 16.8 Å². The van der Waals surface area contributed by atoms with Crippen molar-refractivity contribution in [2.45, 2.75) is 6.42 Å². The van der Waals surface area contributed by atoms with E-state index in [1.807, 2.05) is 4.90 Å². The number of halogens is 2. The number of hydrogen-bond donors (Lipinski definition) is 1. The predicted octanol–water partition coefficient (Wildman–Crippen LogP) is 2.52. The van der Waals surface area contributed by atoms with Gasteiger partial charge in [-0.15, -0.1) is 0 Å². The Kier molecular flexibility index (Phi) is 4.07. The molecule has 17 heavy (non-hydrogen) atoms. The molecule has 0 spiro atoms. The number of hydrogen-bond acceptors (Lipinski definition) is 2. The van der Waals surface area contributed by atoms with Crippen LogP contribution in [-0.2, 0) is 0 Å². The van der Waals surface area contributed by atoms with E-state index in [-0.39, 0.29) is 5.91 Å². The minimum atomic E-state index is 0.0458. The summed E-state index contributed by atoms with van der Waals surface area (Å²) >= 11 is 9.23. The minimum absolute atomic E-state index is 0.0458. The van der Waals surface area contributed by atoms with E-state index in [4.69, 9.17) is 17.3 Å². The zero-order chi connectivity index (χ0) is 12.4. The van der Waals surface area contributed by atoms with Crippen molar-refractivity contribution in [1.82, 2.24) is 4.90 Å². The van der Waals surface area contributed by atoms with Crippen LogP contribution >= 0.6 is 27.5 Å². The maximum absolute atomic E-state index is 12.3. The summed E-state index contributed by atoms with van der Waals surface area (Å²) in [6.07, 6.45) is 0.994. The lowest BCUT2D eigenvalue weighted by Crippen LogP contribution is -2.30. The molecule has 1 aliphatic heterocycles. The second-order valence-electron chi connectivity index (χ2n) is 4.27. The van der Waals surface area contributed by atoms with Crippen molar-refractivity contribution in [3.8, 4) is 0 Å². The van der Waals surface area contributed by atoms with Gasteiger partial charge in [0.2, 0.25) is 0 Å². The smallest absolute Gasteiger partial charge is 0.255 e. The first-order chi connectivity index (χ1) is 8.11. The maximum atomic E-state index is 12.3. The first kappa shape index (κ1) is 12.9. The van der Waals surface area contributed by atoms with Crippen LogP contribution in [0.3, 0.4) is 0 Å². The number of nitrogens with two attached hydrogens (primary N) is 1. The lowest BCUT2D eigenvalue weighted by Gasteiger charge is -2.17. The lowest BCUT2D eigenvalue weighted by molar-refractivity contribution is 0.0787. The number of carbonyl (C=O) groups excluding carboxylic acids is 1. The SMILES string of the molecule is NC[C@@H]1CCN(C(=O)c2ccc(Cl)cc2Br)C1. The van der Waals surface area contributed by atoms with E-state index in [2.05, 4.69) is 15.9 Å². The van der Waals surface area contributed by atoms with Gasteiger partial charge in [-0.3, -0.25) is 4.79 Å². The van der Waals surface area contributed by atoms with Gasteiger partial charge in [0.25, 0.3) is 5.91 Å². The van der Waals surface area contributed by atoms with Crippen molar-refractivity contribution in [2.75, 3.05) is 19.6 Å². The van der Waals surface area contributed by atoms with Crippen LogP contribution in [0.5, 0.6) is 0 Å². The summed E-state index contributed by atoms with van der Waals surface area (Å²) in [5, 5.41) is 0.620. The fourth-order valence-corrected chi connectivity index (χ4v) is 2.90. The first-order valence-electron chi connectivity index (χ1n) is 5.56. The fourth-order valence-electron chi connectivity index (χ4n) is 2.04. The molecule has 1 aliphatic rings. The largest absolute Gasteiger partial charge is 0.338 e. The van der Waals surface area contributed by atoms with Crippen molar-refractivity contribution >= 4 is 33.4 Å². The van der Waals surface area contributed by atoms with Crippen LogP contribution in [0.25, 0.3) is 0 Å². The third-order valence-corrected chi connectivity index (χ3v) is 3.96. The Balaban J connectivity index is 2.15. The van der Waals surface area contributed by atoms with Gasteiger partial charge in [-0.05, 0) is 53.0 Å². The van der Waals surface area contributed by atoms with E-state index < -0.39 is 0 Å². The number of likely N-dealkylation sites (tertiary alicyclic amines) is 1. The summed E-state index contributed by atoms with van der Waals surface area (Å²) < 4.78 is 0.742. The lowest BCUT2D eigenvalue weighted by atomic mass is 10.1. The molecule has 0 radical (unpaired) electrons. The average Bonchev–Trinajstić information content (AvgIpc) is 2.76. The van der Waals surface area contributed by atoms with Gasteiger partial charge < -0.3 is 10.6 Å². The molecule has 5 heteroatoms. The number of rotatable bonds is 2. The van der Waals surface area contributed by atoms with E-state index in [0.717, 1.165) is 24.0 Å². The Morgan fingerprint density at radius 2 is 2.35 bits per heavy atom. The Bertz CT molecular complexity index is 439. The molecule has 2 N–H and O–H groups in total. The molecule has 1 amide bonds. The summed E-state index contributed by atoms with van der Waals surface area (Å²) in [4.78, 5) is 14.1.